The lowest BCUT2D eigenvalue weighted by Gasteiger charge is -2.10. The van der Waals surface area contributed by atoms with E-state index in [-0.39, 0.29) is 11.8 Å². The third-order valence-electron chi connectivity index (χ3n) is 3.28. The maximum Gasteiger partial charge on any atom is 0.231 e. The van der Waals surface area contributed by atoms with Gasteiger partial charge in [0.15, 0.2) is 0 Å². The fraction of sp³-hybridized carbons (Fsp3) is 0.429. The molecule has 96 valence electrons. The van der Waals surface area contributed by atoms with E-state index in [2.05, 4.69) is 11.4 Å². The molecule has 0 radical (unpaired) electrons. The van der Waals surface area contributed by atoms with E-state index in [0.717, 1.165) is 23.2 Å². The maximum absolute atomic E-state index is 11.6. The molecule has 0 bridgehead atoms. The molecule has 4 nitrogen and oxygen atoms in total. The Balaban J connectivity index is 1.98. The van der Waals surface area contributed by atoms with Gasteiger partial charge in [0.05, 0.1) is 6.42 Å². The van der Waals surface area contributed by atoms with Gasteiger partial charge in [-0.05, 0) is 23.6 Å². The summed E-state index contributed by atoms with van der Waals surface area (Å²) in [6.07, 6.45) is 1.81. The summed E-state index contributed by atoms with van der Waals surface area (Å²) in [6.45, 7) is 2.49. The largest absolute Gasteiger partial charge is 0.356 e. The SMILES string of the molecule is CCC(=O)NCCc1ccc2c(c1)CC(=O)N2C. The van der Waals surface area contributed by atoms with Crippen molar-refractivity contribution in [1.82, 2.24) is 5.32 Å². The Labute approximate surface area is 107 Å². The molecule has 0 spiro atoms. The summed E-state index contributed by atoms with van der Waals surface area (Å²) < 4.78 is 0. The van der Waals surface area contributed by atoms with Crippen LogP contribution in [0, 0.1) is 0 Å². The average Bonchev–Trinajstić information content (AvgIpc) is 2.64. The molecular weight excluding hydrogens is 228 g/mol. The van der Waals surface area contributed by atoms with Gasteiger partial charge in [-0.1, -0.05) is 19.1 Å². The number of carbonyl (C=O) groups is 2. The van der Waals surface area contributed by atoms with Gasteiger partial charge in [-0.15, -0.1) is 0 Å². The Bertz CT molecular complexity index is 483. The van der Waals surface area contributed by atoms with E-state index in [1.54, 1.807) is 11.9 Å². The number of likely N-dealkylation sites (N-methyl/N-ethyl adjacent to an activating group) is 1. The second-order valence-electron chi connectivity index (χ2n) is 4.55. The van der Waals surface area contributed by atoms with Crippen molar-refractivity contribution < 1.29 is 9.59 Å². The van der Waals surface area contributed by atoms with Gasteiger partial charge in [-0.3, -0.25) is 9.59 Å². The summed E-state index contributed by atoms with van der Waals surface area (Å²) in [5.74, 6) is 0.215. The number of anilines is 1. The summed E-state index contributed by atoms with van der Waals surface area (Å²) in [4.78, 5) is 24.4. The number of carbonyl (C=O) groups excluding carboxylic acids is 2. The van der Waals surface area contributed by atoms with E-state index in [0.29, 0.717) is 19.4 Å². The molecule has 1 N–H and O–H groups in total. The molecule has 0 unspecified atom stereocenters. The highest BCUT2D eigenvalue weighted by atomic mass is 16.2. The Kier molecular flexibility index (Phi) is 3.65. The quantitative estimate of drug-likeness (QED) is 0.870. The number of fused-ring (bicyclic) bond motifs is 1. The number of hydrogen-bond acceptors (Lipinski definition) is 2. The van der Waals surface area contributed by atoms with Crippen LogP contribution in [-0.4, -0.2) is 25.4 Å². The van der Waals surface area contributed by atoms with Gasteiger partial charge in [0.25, 0.3) is 0 Å². The van der Waals surface area contributed by atoms with Gasteiger partial charge < -0.3 is 10.2 Å². The topological polar surface area (TPSA) is 49.4 Å². The zero-order valence-corrected chi connectivity index (χ0v) is 10.8. The Hall–Kier alpha value is -1.84. The summed E-state index contributed by atoms with van der Waals surface area (Å²) in [5, 5.41) is 2.85. The van der Waals surface area contributed by atoms with Crippen LogP contribution in [0.25, 0.3) is 0 Å². The summed E-state index contributed by atoms with van der Waals surface area (Å²) in [5.41, 5.74) is 3.25. The standard InChI is InChI=1S/C14H18N2O2/c1-3-13(17)15-7-6-10-4-5-12-11(8-10)9-14(18)16(12)2/h4-5,8H,3,6-7,9H2,1-2H3,(H,15,17). The van der Waals surface area contributed by atoms with Crippen molar-refractivity contribution in [3.05, 3.63) is 29.3 Å². The minimum Gasteiger partial charge on any atom is -0.356 e. The second-order valence-corrected chi connectivity index (χ2v) is 4.55. The van der Waals surface area contributed by atoms with E-state index in [1.807, 2.05) is 19.1 Å². The van der Waals surface area contributed by atoms with E-state index in [9.17, 15) is 9.59 Å². The van der Waals surface area contributed by atoms with Crippen LogP contribution in [0.15, 0.2) is 18.2 Å². The molecule has 0 saturated heterocycles. The minimum absolute atomic E-state index is 0.0751. The minimum atomic E-state index is 0.0751. The molecule has 2 rings (SSSR count). The molecule has 0 saturated carbocycles. The average molecular weight is 246 g/mol. The lowest BCUT2D eigenvalue weighted by atomic mass is 10.1. The van der Waals surface area contributed by atoms with Gasteiger partial charge in [0.1, 0.15) is 0 Å². The van der Waals surface area contributed by atoms with Crippen molar-refractivity contribution in [1.29, 1.82) is 0 Å². The first-order valence-corrected chi connectivity index (χ1v) is 6.27. The van der Waals surface area contributed by atoms with Crippen LogP contribution in [0.2, 0.25) is 0 Å². The van der Waals surface area contributed by atoms with Crippen LogP contribution in [0.4, 0.5) is 5.69 Å². The monoisotopic (exact) mass is 246 g/mol. The predicted octanol–water partition coefficient (Wildman–Crippen LogP) is 1.27. The Morgan fingerprint density at radius 2 is 2.22 bits per heavy atom. The number of nitrogens with zero attached hydrogens (tertiary/aromatic N) is 1. The van der Waals surface area contributed by atoms with Gasteiger partial charge in [0.2, 0.25) is 11.8 Å². The first-order chi connectivity index (χ1) is 8.61. The van der Waals surface area contributed by atoms with Crippen molar-refractivity contribution in [3.8, 4) is 0 Å². The fourth-order valence-corrected chi connectivity index (χ4v) is 2.15. The molecule has 1 aromatic rings. The summed E-state index contributed by atoms with van der Waals surface area (Å²) in [7, 11) is 1.80. The van der Waals surface area contributed by atoms with Crippen molar-refractivity contribution in [2.24, 2.45) is 0 Å². The molecular formula is C14H18N2O2. The molecule has 0 aromatic heterocycles. The Morgan fingerprint density at radius 3 is 2.94 bits per heavy atom. The highest BCUT2D eigenvalue weighted by Crippen LogP contribution is 2.28. The summed E-state index contributed by atoms with van der Waals surface area (Å²) >= 11 is 0. The molecule has 1 heterocycles. The molecule has 1 aliphatic heterocycles. The number of rotatable bonds is 4. The normalized spacial score (nSPS) is 13.7. The van der Waals surface area contributed by atoms with Crippen LogP contribution in [-0.2, 0) is 22.4 Å². The van der Waals surface area contributed by atoms with Crippen LogP contribution in [0.1, 0.15) is 24.5 Å². The summed E-state index contributed by atoms with van der Waals surface area (Å²) in [6, 6.07) is 6.07. The number of benzene rings is 1. The first kappa shape index (κ1) is 12.6. The number of amides is 2. The number of nitrogens with one attached hydrogen (secondary N) is 1. The van der Waals surface area contributed by atoms with E-state index in [1.165, 1.54) is 0 Å². The molecule has 0 atom stereocenters. The highest BCUT2D eigenvalue weighted by molar-refractivity contribution is 6.00. The van der Waals surface area contributed by atoms with Crippen molar-refractivity contribution >= 4 is 17.5 Å². The van der Waals surface area contributed by atoms with Crippen LogP contribution >= 0.6 is 0 Å². The number of hydrogen-bond donors (Lipinski definition) is 1. The van der Waals surface area contributed by atoms with Gasteiger partial charge >= 0.3 is 0 Å². The molecule has 2 amide bonds. The first-order valence-electron chi connectivity index (χ1n) is 6.27. The van der Waals surface area contributed by atoms with Crippen LogP contribution in [0.5, 0.6) is 0 Å². The smallest absolute Gasteiger partial charge is 0.231 e. The lowest BCUT2D eigenvalue weighted by Crippen LogP contribution is -2.24. The van der Waals surface area contributed by atoms with Crippen LogP contribution in [0.3, 0.4) is 0 Å². The fourth-order valence-electron chi connectivity index (χ4n) is 2.15. The van der Waals surface area contributed by atoms with Gasteiger partial charge in [-0.25, -0.2) is 0 Å². The van der Waals surface area contributed by atoms with Gasteiger partial charge in [0, 0.05) is 25.7 Å². The van der Waals surface area contributed by atoms with E-state index in [4.69, 9.17) is 0 Å². The molecule has 1 aromatic carbocycles. The third kappa shape index (κ3) is 2.53. The highest BCUT2D eigenvalue weighted by Gasteiger charge is 2.23. The predicted molar refractivity (Wildman–Crippen MR) is 70.6 cm³/mol. The molecule has 4 heteroatoms. The molecule has 18 heavy (non-hydrogen) atoms. The van der Waals surface area contributed by atoms with E-state index >= 15 is 0 Å². The zero-order chi connectivity index (χ0) is 13.1. The van der Waals surface area contributed by atoms with Crippen LogP contribution < -0.4 is 10.2 Å². The van der Waals surface area contributed by atoms with E-state index < -0.39 is 0 Å². The van der Waals surface area contributed by atoms with Crippen molar-refractivity contribution in [3.63, 3.8) is 0 Å². The Morgan fingerprint density at radius 1 is 1.44 bits per heavy atom. The third-order valence-corrected chi connectivity index (χ3v) is 3.28. The van der Waals surface area contributed by atoms with Gasteiger partial charge in [-0.2, -0.15) is 0 Å². The van der Waals surface area contributed by atoms with Crippen molar-refractivity contribution in [2.75, 3.05) is 18.5 Å². The maximum atomic E-state index is 11.6. The second kappa shape index (κ2) is 5.21. The molecule has 1 aliphatic rings. The molecule has 0 aliphatic carbocycles. The lowest BCUT2D eigenvalue weighted by molar-refractivity contribution is -0.120. The molecule has 0 fully saturated rings. The van der Waals surface area contributed by atoms with Crippen molar-refractivity contribution in [2.45, 2.75) is 26.2 Å². The zero-order valence-electron chi connectivity index (χ0n) is 10.8.